The van der Waals surface area contributed by atoms with Crippen LogP contribution in [0, 0.1) is 0 Å². The minimum absolute atomic E-state index is 0.00190. The number of ether oxygens (including phenoxy) is 1. The fourth-order valence-corrected chi connectivity index (χ4v) is 1.86. The third-order valence-corrected chi connectivity index (χ3v) is 3.25. The van der Waals surface area contributed by atoms with E-state index in [0.717, 1.165) is 6.26 Å². The molecule has 7 nitrogen and oxygen atoms in total. The van der Waals surface area contributed by atoms with Crippen molar-refractivity contribution in [2.24, 2.45) is 5.73 Å². The highest BCUT2D eigenvalue weighted by Gasteiger charge is 2.32. The van der Waals surface area contributed by atoms with Gasteiger partial charge in [-0.3, -0.25) is 4.79 Å². The lowest BCUT2D eigenvalue weighted by Crippen LogP contribution is -2.55. The fraction of sp³-hybridized carbons (Fsp3) is 0.800. The van der Waals surface area contributed by atoms with E-state index in [4.69, 9.17) is 5.73 Å². The predicted octanol–water partition coefficient (Wildman–Crippen LogP) is -1.18. The number of carbonyl (C=O) groups is 2. The molecule has 106 valence electrons. The number of sulfone groups is 1. The summed E-state index contributed by atoms with van der Waals surface area (Å²) in [5, 5.41) is 2.41. The van der Waals surface area contributed by atoms with Gasteiger partial charge in [-0.25, -0.2) is 13.2 Å². The van der Waals surface area contributed by atoms with Crippen LogP contribution in [0.2, 0.25) is 0 Å². The van der Waals surface area contributed by atoms with Gasteiger partial charge in [-0.15, -0.1) is 0 Å². The molecule has 1 atom stereocenters. The number of carbonyl (C=O) groups excluding carboxylic acids is 2. The van der Waals surface area contributed by atoms with E-state index >= 15 is 0 Å². The van der Waals surface area contributed by atoms with Crippen LogP contribution in [0.1, 0.15) is 20.3 Å². The lowest BCUT2D eigenvalue weighted by molar-refractivity contribution is -0.149. The highest BCUT2D eigenvalue weighted by Crippen LogP contribution is 2.05. The molecule has 18 heavy (non-hydrogen) atoms. The molecule has 0 spiro atoms. The number of amides is 1. The van der Waals surface area contributed by atoms with E-state index in [1.807, 2.05) is 0 Å². The van der Waals surface area contributed by atoms with Crippen molar-refractivity contribution in [1.29, 1.82) is 0 Å². The summed E-state index contributed by atoms with van der Waals surface area (Å²) in [6.45, 7) is 2.94. The Hall–Kier alpha value is -1.15. The number of nitrogens with one attached hydrogen (secondary N) is 1. The molecule has 0 fully saturated rings. The number of methoxy groups -OCH3 is 1. The van der Waals surface area contributed by atoms with E-state index in [9.17, 15) is 18.0 Å². The Labute approximate surface area is 107 Å². The molecule has 0 aliphatic heterocycles. The molecular formula is C10H20N2O5S. The maximum atomic E-state index is 11.7. The predicted molar refractivity (Wildman–Crippen MR) is 66.5 cm³/mol. The van der Waals surface area contributed by atoms with Crippen molar-refractivity contribution in [2.45, 2.75) is 31.8 Å². The van der Waals surface area contributed by atoms with Gasteiger partial charge in [0.1, 0.15) is 15.4 Å². The van der Waals surface area contributed by atoms with Gasteiger partial charge in [-0.05, 0) is 20.3 Å². The summed E-state index contributed by atoms with van der Waals surface area (Å²) in [5.74, 6) is -1.37. The molecule has 0 aromatic rings. The average Bonchev–Trinajstić information content (AvgIpc) is 2.22. The molecule has 0 aromatic heterocycles. The lowest BCUT2D eigenvalue weighted by Gasteiger charge is -2.24. The Morgan fingerprint density at radius 2 is 1.89 bits per heavy atom. The standard InChI is InChI=1S/C10H20N2O5S/c1-10(2,9(14)17-3)12-8(13)7(11)5-6-18(4,15)16/h7H,5-6,11H2,1-4H3,(H,12,13). The molecule has 1 unspecified atom stereocenters. The van der Waals surface area contributed by atoms with Crippen LogP contribution in [0.15, 0.2) is 0 Å². The molecule has 0 saturated heterocycles. The van der Waals surface area contributed by atoms with Crippen molar-refractivity contribution in [3.63, 3.8) is 0 Å². The van der Waals surface area contributed by atoms with Crippen molar-refractivity contribution in [3.8, 4) is 0 Å². The smallest absolute Gasteiger partial charge is 0.330 e. The third kappa shape index (κ3) is 5.97. The number of esters is 1. The van der Waals surface area contributed by atoms with Crippen LogP contribution in [-0.4, -0.2) is 51.0 Å². The van der Waals surface area contributed by atoms with Crippen molar-refractivity contribution in [2.75, 3.05) is 19.1 Å². The zero-order chi connectivity index (χ0) is 14.6. The maximum Gasteiger partial charge on any atom is 0.330 e. The van der Waals surface area contributed by atoms with Gasteiger partial charge in [0.25, 0.3) is 0 Å². The Balaban J connectivity index is 4.45. The highest BCUT2D eigenvalue weighted by atomic mass is 32.2. The SMILES string of the molecule is COC(=O)C(C)(C)NC(=O)C(N)CCS(C)(=O)=O. The van der Waals surface area contributed by atoms with E-state index in [2.05, 4.69) is 10.1 Å². The molecule has 0 radical (unpaired) electrons. The minimum Gasteiger partial charge on any atom is -0.467 e. The quantitative estimate of drug-likeness (QED) is 0.591. The fourth-order valence-electron chi connectivity index (χ4n) is 1.18. The molecule has 0 aliphatic carbocycles. The first-order valence-electron chi connectivity index (χ1n) is 5.33. The monoisotopic (exact) mass is 280 g/mol. The summed E-state index contributed by atoms with van der Waals surface area (Å²) >= 11 is 0. The van der Waals surface area contributed by atoms with Crippen LogP contribution >= 0.6 is 0 Å². The molecule has 0 saturated carbocycles. The van der Waals surface area contributed by atoms with Gasteiger partial charge < -0.3 is 15.8 Å². The highest BCUT2D eigenvalue weighted by molar-refractivity contribution is 7.90. The average molecular weight is 280 g/mol. The summed E-state index contributed by atoms with van der Waals surface area (Å²) in [6, 6.07) is -0.983. The molecule has 8 heteroatoms. The summed E-state index contributed by atoms with van der Waals surface area (Å²) < 4.78 is 26.4. The summed E-state index contributed by atoms with van der Waals surface area (Å²) in [5.41, 5.74) is 4.34. The molecule has 0 aliphatic rings. The third-order valence-electron chi connectivity index (χ3n) is 2.27. The lowest BCUT2D eigenvalue weighted by atomic mass is 10.1. The van der Waals surface area contributed by atoms with E-state index in [0.29, 0.717) is 0 Å². The zero-order valence-electron chi connectivity index (χ0n) is 11.0. The van der Waals surface area contributed by atoms with Gasteiger partial charge in [0.15, 0.2) is 0 Å². The topological polar surface area (TPSA) is 116 Å². The molecular weight excluding hydrogens is 260 g/mol. The zero-order valence-corrected chi connectivity index (χ0v) is 11.8. The van der Waals surface area contributed by atoms with E-state index in [1.54, 1.807) is 0 Å². The maximum absolute atomic E-state index is 11.7. The van der Waals surface area contributed by atoms with Crippen molar-refractivity contribution < 1.29 is 22.7 Å². The van der Waals surface area contributed by atoms with Crippen molar-refractivity contribution in [3.05, 3.63) is 0 Å². The van der Waals surface area contributed by atoms with Gasteiger partial charge in [0.2, 0.25) is 5.91 Å². The number of rotatable bonds is 6. The second kappa shape index (κ2) is 6.14. The summed E-state index contributed by atoms with van der Waals surface area (Å²) in [4.78, 5) is 23.0. The van der Waals surface area contributed by atoms with E-state index in [-0.39, 0.29) is 12.2 Å². The Morgan fingerprint density at radius 3 is 2.28 bits per heavy atom. The summed E-state index contributed by atoms with van der Waals surface area (Å²) in [7, 11) is -1.96. The first-order chi connectivity index (χ1) is 7.99. The van der Waals surface area contributed by atoms with Crippen LogP contribution in [0.25, 0.3) is 0 Å². The second-order valence-electron chi connectivity index (χ2n) is 4.63. The molecule has 0 bridgehead atoms. The van der Waals surface area contributed by atoms with Crippen LogP contribution in [0.5, 0.6) is 0 Å². The van der Waals surface area contributed by atoms with Crippen LogP contribution in [0.4, 0.5) is 0 Å². The Bertz CT molecular complexity index is 416. The first kappa shape index (κ1) is 16.9. The molecule has 1 amide bonds. The Morgan fingerprint density at radius 1 is 1.39 bits per heavy atom. The van der Waals surface area contributed by atoms with Gasteiger partial charge in [-0.1, -0.05) is 0 Å². The van der Waals surface area contributed by atoms with Gasteiger partial charge in [0, 0.05) is 6.26 Å². The van der Waals surface area contributed by atoms with Crippen LogP contribution in [-0.2, 0) is 24.2 Å². The summed E-state index contributed by atoms with van der Waals surface area (Å²) in [6.07, 6.45) is 1.07. The number of hydrogen-bond donors (Lipinski definition) is 2. The van der Waals surface area contributed by atoms with E-state index < -0.39 is 33.3 Å². The first-order valence-corrected chi connectivity index (χ1v) is 7.39. The van der Waals surface area contributed by atoms with Gasteiger partial charge in [-0.2, -0.15) is 0 Å². The molecule has 3 N–H and O–H groups in total. The molecule has 0 heterocycles. The number of nitrogens with two attached hydrogens (primary N) is 1. The van der Waals surface area contributed by atoms with Crippen molar-refractivity contribution >= 4 is 21.7 Å². The minimum atomic E-state index is -3.17. The number of hydrogen-bond acceptors (Lipinski definition) is 6. The van der Waals surface area contributed by atoms with Crippen LogP contribution < -0.4 is 11.1 Å². The second-order valence-corrected chi connectivity index (χ2v) is 6.89. The molecule has 0 rings (SSSR count). The molecule has 0 aromatic carbocycles. The van der Waals surface area contributed by atoms with E-state index in [1.165, 1.54) is 21.0 Å². The normalized spacial score (nSPS) is 13.8. The largest absolute Gasteiger partial charge is 0.467 e. The van der Waals surface area contributed by atoms with Crippen molar-refractivity contribution in [1.82, 2.24) is 5.32 Å². The van der Waals surface area contributed by atoms with Gasteiger partial charge in [0.05, 0.1) is 18.9 Å². The van der Waals surface area contributed by atoms with Gasteiger partial charge >= 0.3 is 5.97 Å². The van der Waals surface area contributed by atoms with Crippen LogP contribution in [0.3, 0.4) is 0 Å². The Kier molecular flexibility index (Phi) is 5.75.